The number of hydrogen-bond acceptors (Lipinski definition) is 4. The van der Waals surface area contributed by atoms with Gasteiger partial charge in [-0.15, -0.1) is 0 Å². The van der Waals surface area contributed by atoms with Crippen LogP contribution >= 0.6 is 0 Å². The normalized spacial score (nSPS) is 10.4. The Bertz CT molecular complexity index is 765. The molecule has 0 aliphatic rings. The van der Waals surface area contributed by atoms with Crippen molar-refractivity contribution in [3.63, 3.8) is 0 Å². The summed E-state index contributed by atoms with van der Waals surface area (Å²) in [5.74, 6) is 1.03. The van der Waals surface area contributed by atoms with E-state index in [1.807, 2.05) is 31.2 Å². The zero-order valence-electron chi connectivity index (χ0n) is 12.1. The zero-order valence-corrected chi connectivity index (χ0v) is 12.1. The van der Waals surface area contributed by atoms with E-state index in [1.165, 1.54) is 11.8 Å². The Labute approximate surface area is 127 Å². The van der Waals surface area contributed by atoms with E-state index in [1.54, 1.807) is 18.3 Å². The third-order valence-electron chi connectivity index (χ3n) is 3.18. The zero-order chi connectivity index (χ0) is 15.4. The molecule has 2 aromatic heterocycles. The number of hydrogen-bond donors (Lipinski definition) is 2. The van der Waals surface area contributed by atoms with Gasteiger partial charge in [-0.1, -0.05) is 29.8 Å². The van der Waals surface area contributed by atoms with Gasteiger partial charge in [0.15, 0.2) is 5.82 Å². The Balaban J connectivity index is 1.65. The number of aryl methyl sites for hydroxylation is 1. The van der Waals surface area contributed by atoms with Gasteiger partial charge in [0.25, 0.3) is 5.91 Å². The van der Waals surface area contributed by atoms with Crippen molar-refractivity contribution in [2.45, 2.75) is 13.5 Å². The first-order valence-electron chi connectivity index (χ1n) is 6.89. The first-order chi connectivity index (χ1) is 10.7. The molecule has 0 saturated heterocycles. The first kappa shape index (κ1) is 13.9. The average Bonchev–Trinajstić information content (AvgIpc) is 3.03. The van der Waals surface area contributed by atoms with E-state index in [0.29, 0.717) is 17.2 Å². The number of H-pyrrole nitrogens is 1. The van der Waals surface area contributed by atoms with Gasteiger partial charge < -0.3 is 5.32 Å². The van der Waals surface area contributed by atoms with Gasteiger partial charge in [0.1, 0.15) is 5.82 Å². The van der Waals surface area contributed by atoms with Gasteiger partial charge in [0.2, 0.25) is 0 Å². The summed E-state index contributed by atoms with van der Waals surface area (Å²) in [4.78, 5) is 20.2. The maximum absolute atomic E-state index is 11.9. The molecule has 3 aromatic rings. The van der Waals surface area contributed by atoms with Crippen LogP contribution in [0.1, 0.15) is 21.7 Å². The maximum atomic E-state index is 11.9. The Morgan fingerprint density at radius 1 is 1.23 bits per heavy atom. The fraction of sp³-hybridized carbons (Fsp3) is 0.125. The van der Waals surface area contributed by atoms with Crippen LogP contribution in [-0.2, 0) is 6.54 Å². The highest BCUT2D eigenvalue weighted by molar-refractivity contribution is 5.93. The molecule has 6 heteroatoms. The number of carbonyl (C=O) groups is 1. The number of benzene rings is 1. The molecule has 0 radical (unpaired) electrons. The molecule has 3 rings (SSSR count). The predicted molar refractivity (Wildman–Crippen MR) is 82.0 cm³/mol. The molecule has 0 unspecified atom stereocenters. The van der Waals surface area contributed by atoms with E-state index in [-0.39, 0.29) is 12.5 Å². The number of carbonyl (C=O) groups excluding carboxylic acids is 1. The lowest BCUT2D eigenvalue weighted by molar-refractivity contribution is 0.0949. The van der Waals surface area contributed by atoms with Gasteiger partial charge in [-0.2, -0.15) is 5.10 Å². The van der Waals surface area contributed by atoms with Gasteiger partial charge in [-0.05, 0) is 19.1 Å². The largest absolute Gasteiger partial charge is 0.345 e. The van der Waals surface area contributed by atoms with Crippen LogP contribution in [0.25, 0.3) is 11.4 Å². The summed E-state index contributed by atoms with van der Waals surface area (Å²) in [5.41, 5.74) is 2.63. The smallest absolute Gasteiger partial charge is 0.253 e. The van der Waals surface area contributed by atoms with Crippen LogP contribution < -0.4 is 5.32 Å². The van der Waals surface area contributed by atoms with Crippen LogP contribution in [0.15, 0.2) is 48.8 Å². The second-order valence-corrected chi connectivity index (χ2v) is 4.90. The van der Waals surface area contributed by atoms with Crippen molar-refractivity contribution >= 4 is 5.91 Å². The molecule has 0 saturated carbocycles. The van der Waals surface area contributed by atoms with E-state index in [2.05, 4.69) is 25.5 Å². The van der Waals surface area contributed by atoms with Crippen LogP contribution in [-0.4, -0.2) is 26.1 Å². The van der Waals surface area contributed by atoms with Gasteiger partial charge in [0, 0.05) is 18.0 Å². The minimum Gasteiger partial charge on any atom is -0.345 e. The van der Waals surface area contributed by atoms with Gasteiger partial charge in [-0.25, -0.2) is 4.98 Å². The molecule has 0 atom stereocenters. The molecule has 6 nitrogen and oxygen atoms in total. The van der Waals surface area contributed by atoms with Gasteiger partial charge in [0.05, 0.1) is 12.1 Å². The molecule has 22 heavy (non-hydrogen) atoms. The summed E-state index contributed by atoms with van der Waals surface area (Å²) in [6.45, 7) is 2.31. The molecule has 0 spiro atoms. The Kier molecular flexibility index (Phi) is 3.91. The molecule has 1 aromatic carbocycles. The van der Waals surface area contributed by atoms with Crippen molar-refractivity contribution in [1.29, 1.82) is 0 Å². The first-order valence-corrected chi connectivity index (χ1v) is 6.89. The van der Waals surface area contributed by atoms with Crippen LogP contribution in [0.3, 0.4) is 0 Å². The van der Waals surface area contributed by atoms with Crippen LogP contribution in [0.5, 0.6) is 0 Å². The monoisotopic (exact) mass is 293 g/mol. The van der Waals surface area contributed by atoms with E-state index in [0.717, 1.165) is 5.56 Å². The molecule has 0 aliphatic heterocycles. The minimum absolute atomic E-state index is 0.193. The summed E-state index contributed by atoms with van der Waals surface area (Å²) in [6.07, 6.45) is 3.15. The fourth-order valence-corrected chi connectivity index (χ4v) is 1.97. The SMILES string of the molecule is Cc1ccc(-c2n[nH]c(CNC(=O)c3cccnc3)n2)cc1. The molecule has 2 heterocycles. The Morgan fingerprint density at radius 2 is 2.05 bits per heavy atom. The fourth-order valence-electron chi connectivity index (χ4n) is 1.97. The predicted octanol–water partition coefficient (Wildman–Crippen LogP) is 2.11. The molecule has 0 aliphatic carbocycles. The average molecular weight is 293 g/mol. The molecule has 2 N–H and O–H groups in total. The highest BCUT2D eigenvalue weighted by Gasteiger charge is 2.08. The lowest BCUT2D eigenvalue weighted by Gasteiger charge is -2.01. The van der Waals surface area contributed by atoms with E-state index in [4.69, 9.17) is 0 Å². The summed E-state index contributed by atoms with van der Waals surface area (Å²) < 4.78 is 0. The molecule has 0 fully saturated rings. The van der Waals surface area contributed by atoms with Gasteiger partial charge >= 0.3 is 0 Å². The minimum atomic E-state index is -0.193. The van der Waals surface area contributed by atoms with Crippen molar-refractivity contribution in [2.24, 2.45) is 0 Å². The van der Waals surface area contributed by atoms with E-state index in [9.17, 15) is 4.79 Å². The number of aromatic nitrogens is 4. The summed E-state index contributed by atoms with van der Waals surface area (Å²) in [7, 11) is 0. The van der Waals surface area contributed by atoms with Crippen molar-refractivity contribution in [3.05, 3.63) is 65.7 Å². The molecular weight excluding hydrogens is 278 g/mol. The van der Waals surface area contributed by atoms with Gasteiger partial charge in [-0.3, -0.25) is 14.9 Å². The van der Waals surface area contributed by atoms with Crippen molar-refractivity contribution in [2.75, 3.05) is 0 Å². The number of nitrogens with one attached hydrogen (secondary N) is 2. The number of amides is 1. The third kappa shape index (κ3) is 3.17. The third-order valence-corrected chi connectivity index (χ3v) is 3.18. The van der Waals surface area contributed by atoms with Crippen molar-refractivity contribution < 1.29 is 4.79 Å². The highest BCUT2D eigenvalue weighted by Crippen LogP contribution is 2.14. The standard InChI is InChI=1S/C16H15N5O/c1-11-4-6-12(7-5-11)15-19-14(20-21-15)10-18-16(22)13-3-2-8-17-9-13/h2-9H,10H2,1H3,(H,18,22)(H,19,20,21). The lowest BCUT2D eigenvalue weighted by Crippen LogP contribution is -2.23. The summed E-state index contributed by atoms with van der Waals surface area (Å²) in [6, 6.07) is 11.4. The summed E-state index contributed by atoms with van der Waals surface area (Å²) >= 11 is 0. The van der Waals surface area contributed by atoms with E-state index < -0.39 is 0 Å². The topological polar surface area (TPSA) is 83.6 Å². The van der Waals surface area contributed by atoms with Crippen molar-refractivity contribution in [1.82, 2.24) is 25.5 Å². The quantitative estimate of drug-likeness (QED) is 0.771. The number of pyridine rings is 1. The molecule has 1 amide bonds. The Morgan fingerprint density at radius 3 is 2.77 bits per heavy atom. The van der Waals surface area contributed by atoms with Crippen LogP contribution in [0.4, 0.5) is 0 Å². The highest BCUT2D eigenvalue weighted by atomic mass is 16.1. The molecular formula is C16H15N5O. The van der Waals surface area contributed by atoms with Crippen LogP contribution in [0, 0.1) is 6.92 Å². The van der Waals surface area contributed by atoms with Crippen LogP contribution in [0.2, 0.25) is 0 Å². The number of aromatic amines is 1. The summed E-state index contributed by atoms with van der Waals surface area (Å²) in [5, 5.41) is 9.78. The maximum Gasteiger partial charge on any atom is 0.253 e. The van der Waals surface area contributed by atoms with E-state index >= 15 is 0 Å². The molecule has 0 bridgehead atoms. The van der Waals surface area contributed by atoms with Crippen molar-refractivity contribution in [3.8, 4) is 11.4 Å². The second kappa shape index (κ2) is 6.17. The lowest BCUT2D eigenvalue weighted by atomic mass is 10.1. The number of rotatable bonds is 4. The second-order valence-electron chi connectivity index (χ2n) is 4.90. The Hall–Kier alpha value is -3.02. The molecule has 110 valence electrons. The number of nitrogens with zero attached hydrogens (tertiary/aromatic N) is 3.